The normalized spacial score (nSPS) is 11.4. The molecule has 0 aromatic heterocycles. The second-order valence-corrected chi connectivity index (χ2v) is 8.20. The van der Waals surface area contributed by atoms with Crippen LogP contribution in [0.2, 0.25) is 0 Å². The Morgan fingerprint density at radius 1 is 0.815 bits per heavy atom. The maximum absolute atomic E-state index is 13.3. The zero-order valence-corrected chi connectivity index (χ0v) is 18.0. The van der Waals surface area contributed by atoms with Crippen molar-refractivity contribution in [3.63, 3.8) is 0 Å². The molecule has 0 heterocycles. The van der Waals surface area contributed by atoms with Crippen LogP contribution in [0, 0.1) is 34.6 Å². The summed E-state index contributed by atoms with van der Waals surface area (Å²) in [5, 5.41) is 0. The average molecular weight is 392 g/mol. The molecule has 2 rings (SSSR count). The fourth-order valence-electron chi connectivity index (χ4n) is 3.19. The molecule has 0 saturated carbocycles. The monoisotopic (exact) mass is 391 g/mol. The number of nitrogens with one attached hydrogen (secondary N) is 1. The van der Waals surface area contributed by atoms with Gasteiger partial charge in [-0.15, -0.1) is 0 Å². The van der Waals surface area contributed by atoms with Crippen LogP contribution in [0.1, 0.15) is 41.7 Å². The van der Waals surface area contributed by atoms with Gasteiger partial charge in [0.1, 0.15) is 11.5 Å². The molecule has 0 spiro atoms. The third-order valence-corrected chi connectivity index (χ3v) is 6.64. The fraction of sp³-hybridized carbons (Fsp3) is 0.429. The summed E-state index contributed by atoms with van der Waals surface area (Å²) in [7, 11) is -3.79. The van der Waals surface area contributed by atoms with Crippen LogP contribution in [0.25, 0.3) is 0 Å². The van der Waals surface area contributed by atoms with Gasteiger partial charge in [-0.05, 0) is 88.4 Å². The molecule has 2 aromatic carbocycles. The molecule has 5 nitrogen and oxygen atoms in total. The van der Waals surface area contributed by atoms with Crippen molar-refractivity contribution in [2.24, 2.45) is 0 Å². The Bertz CT molecular complexity index is 920. The summed E-state index contributed by atoms with van der Waals surface area (Å²) in [6, 6.07) is 5.14. The summed E-state index contributed by atoms with van der Waals surface area (Å²) in [6.07, 6.45) is 0. The second-order valence-electron chi connectivity index (χ2n) is 6.58. The maximum atomic E-state index is 13.3. The van der Waals surface area contributed by atoms with E-state index in [1.54, 1.807) is 18.2 Å². The quantitative estimate of drug-likeness (QED) is 0.734. The van der Waals surface area contributed by atoms with E-state index in [0.29, 0.717) is 35.3 Å². The van der Waals surface area contributed by atoms with Crippen molar-refractivity contribution < 1.29 is 17.9 Å². The number of sulfonamides is 1. The Labute approximate surface area is 162 Å². The number of hydrogen-bond donors (Lipinski definition) is 1. The number of anilines is 1. The van der Waals surface area contributed by atoms with Gasteiger partial charge >= 0.3 is 0 Å². The third-order valence-electron chi connectivity index (χ3n) is 5.01. The van der Waals surface area contributed by atoms with Crippen molar-refractivity contribution in [1.29, 1.82) is 0 Å². The molecular formula is C21H29NO4S. The SMILES string of the molecule is CCOc1ccc(OCC)c(NS(=O)(=O)c2c(C)c(C)c(C)c(C)c2C)c1. The standard InChI is InChI=1S/C21H29NO4S/c1-8-25-18-10-11-20(26-9-2)19(12-18)22-27(23,24)21-16(6)14(4)13(3)15(5)17(21)7/h10-12,22H,8-9H2,1-7H3. The third kappa shape index (κ3) is 4.21. The smallest absolute Gasteiger partial charge is 0.262 e. The van der Waals surface area contributed by atoms with E-state index in [4.69, 9.17) is 9.47 Å². The highest BCUT2D eigenvalue weighted by molar-refractivity contribution is 7.92. The Morgan fingerprint density at radius 3 is 1.85 bits per heavy atom. The van der Waals surface area contributed by atoms with Crippen LogP contribution in [0.5, 0.6) is 11.5 Å². The summed E-state index contributed by atoms with van der Waals surface area (Å²) in [5.74, 6) is 1.06. The minimum absolute atomic E-state index is 0.326. The second kappa shape index (κ2) is 8.21. The molecule has 0 unspecified atom stereocenters. The Hall–Kier alpha value is -2.21. The molecule has 148 valence electrons. The minimum atomic E-state index is -3.79. The molecule has 0 fully saturated rings. The minimum Gasteiger partial charge on any atom is -0.494 e. The first-order chi connectivity index (χ1) is 12.6. The molecule has 1 N–H and O–H groups in total. The summed E-state index contributed by atoms with van der Waals surface area (Å²) in [6.45, 7) is 14.3. The molecule has 0 aliphatic heterocycles. The number of benzene rings is 2. The zero-order valence-electron chi connectivity index (χ0n) is 17.2. The van der Waals surface area contributed by atoms with Crippen molar-refractivity contribution in [3.05, 3.63) is 46.0 Å². The molecule has 0 bridgehead atoms. The number of ether oxygens (including phenoxy) is 2. The summed E-state index contributed by atoms with van der Waals surface area (Å²) in [4.78, 5) is 0.326. The lowest BCUT2D eigenvalue weighted by Gasteiger charge is -2.20. The van der Waals surface area contributed by atoms with Crippen molar-refractivity contribution in [1.82, 2.24) is 0 Å². The van der Waals surface area contributed by atoms with E-state index >= 15 is 0 Å². The van der Waals surface area contributed by atoms with E-state index in [9.17, 15) is 8.42 Å². The van der Waals surface area contributed by atoms with Crippen LogP contribution >= 0.6 is 0 Å². The van der Waals surface area contributed by atoms with Crippen LogP contribution < -0.4 is 14.2 Å². The molecule has 0 saturated heterocycles. The molecule has 0 aliphatic rings. The molecule has 2 aromatic rings. The molecule has 0 aliphatic carbocycles. The fourth-order valence-corrected chi connectivity index (χ4v) is 4.85. The topological polar surface area (TPSA) is 64.6 Å². The number of hydrogen-bond acceptors (Lipinski definition) is 4. The highest BCUT2D eigenvalue weighted by Gasteiger charge is 2.25. The Morgan fingerprint density at radius 2 is 1.33 bits per heavy atom. The van der Waals surface area contributed by atoms with Gasteiger partial charge in [0.2, 0.25) is 0 Å². The molecule has 0 atom stereocenters. The molecule has 27 heavy (non-hydrogen) atoms. The first kappa shape index (κ1) is 21.1. The predicted octanol–water partition coefficient (Wildman–Crippen LogP) is 4.83. The zero-order chi connectivity index (χ0) is 20.4. The van der Waals surface area contributed by atoms with E-state index < -0.39 is 10.0 Å². The van der Waals surface area contributed by atoms with Crippen LogP contribution in [0.4, 0.5) is 5.69 Å². The largest absolute Gasteiger partial charge is 0.494 e. The van der Waals surface area contributed by atoms with Gasteiger partial charge in [-0.3, -0.25) is 4.72 Å². The van der Waals surface area contributed by atoms with Crippen LogP contribution in [0.15, 0.2) is 23.1 Å². The van der Waals surface area contributed by atoms with Crippen LogP contribution in [-0.2, 0) is 10.0 Å². The predicted molar refractivity (Wildman–Crippen MR) is 110 cm³/mol. The first-order valence-electron chi connectivity index (χ1n) is 9.13. The maximum Gasteiger partial charge on any atom is 0.262 e. The van der Waals surface area contributed by atoms with Crippen LogP contribution in [0.3, 0.4) is 0 Å². The lowest BCUT2D eigenvalue weighted by atomic mass is 9.95. The van der Waals surface area contributed by atoms with Gasteiger partial charge in [-0.25, -0.2) is 8.42 Å². The highest BCUT2D eigenvalue weighted by atomic mass is 32.2. The Balaban J connectivity index is 2.59. The van der Waals surface area contributed by atoms with Gasteiger partial charge in [0.25, 0.3) is 10.0 Å². The van der Waals surface area contributed by atoms with Crippen molar-refractivity contribution in [2.45, 2.75) is 53.4 Å². The van der Waals surface area contributed by atoms with Gasteiger partial charge in [0.15, 0.2) is 0 Å². The van der Waals surface area contributed by atoms with Gasteiger partial charge < -0.3 is 9.47 Å². The van der Waals surface area contributed by atoms with E-state index in [1.807, 2.05) is 48.5 Å². The van der Waals surface area contributed by atoms with E-state index in [2.05, 4.69) is 4.72 Å². The van der Waals surface area contributed by atoms with E-state index in [-0.39, 0.29) is 0 Å². The van der Waals surface area contributed by atoms with Gasteiger partial charge in [0.05, 0.1) is 23.8 Å². The van der Waals surface area contributed by atoms with Crippen molar-refractivity contribution in [2.75, 3.05) is 17.9 Å². The van der Waals surface area contributed by atoms with Crippen molar-refractivity contribution >= 4 is 15.7 Å². The molecule has 6 heteroatoms. The number of rotatable bonds is 7. The van der Waals surface area contributed by atoms with Gasteiger partial charge in [0, 0.05) is 6.07 Å². The molecule has 0 radical (unpaired) electrons. The first-order valence-corrected chi connectivity index (χ1v) is 10.6. The van der Waals surface area contributed by atoms with Gasteiger partial charge in [-0.2, -0.15) is 0 Å². The summed E-state index contributed by atoms with van der Waals surface area (Å²) < 4.78 is 40.4. The van der Waals surface area contributed by atoms with Crippen LogP contribution in [-0.4, -0.2) is 21.6 Å². The molecule has 0 amide bonds. The van der Waals surface area contributed by atoms with Gasteiger partial charge in [-0.1, -0.05) is 0 Å². The van der Waals surface area contributed by atoms with E-state index in [0.717, 1.165) is 27.8 Å². The lowest BCUT2D eigenvalue weighted by molar-refractivity contribution is 0.332. The summed E-state index contributed by atoms with van der Waals surface area (Å²) >= 11 is 0. The van der Waals surface area contributed by atoms with Crippen molar-refractivity contribution in [3.8, 4) is 11.5 Å². The molecular weight excluding hydrogens is 362 g/mol. The lowest BCUT2D eigenvalue weighted by Crippen LogP contribution is -2.18. The highest BCUT2D eigenvalue weighted by Crippen LogP contribution is 2.34. The average Bonchev–Trinajstić information content (AvgIpc) is 2.60. The summed E-state index contributed by atoms with van der Waals surface area (Å²) in [5.41, 5.74) is 5.01. The Kier molecular flexibility index (Phi) is 6.42. The van der Waals surface area contributed by atoms with E-state index in [1.165, 1.54) is 0 Å².